The van der Waals surface area contributed by atoms with E-state index in [2.05, 4.69) is 26.2 Å². The van der Waals surface area contributed by atoms with Gasteiger partial charge in [-0.2, -0.15) is 0 Å². The average Bonchev–Trinajstić information content (AvgIpc) is 2.89. The molecule has 7 heteroatoms. The number of nitro groups is 1. The van der Waals surface area contributed by atoms with E-state index in [0.29, 0.717) is 29.5 Å². The Bertz CT molecular complexity index is 450. The van der Waals surface area contributed by atoms with Gasteiger partial charge in [0.2, 0.25) is 0 Å². The summed E-state index contributed by atoms with van der Waals surface area (Å²) in [6, 6.07) is 1.44. The molecule has 0 unspecified atom stereocenters. The Morgan fingerprint density at radius 1 is 1.53 bits per heavy atom. The van der Waals surface area contributed by atoms with Crippen LogP contribution in [0.25, 0.3) is 0 Å². The van der Waals surface area contributed by atoms with Crippen molar-refractivity contribution in [3.05, 3.63) is 26.9 Å². The molecule has 1 fully saturated rings. The van der Waals surface area contributed by atoms with Crippen LogP contribution in [0.5, 0.6) is 0 Å². The molecule has 0 aromatic carbocycles. The van der Waals surface area contributed by atoms with Gasteiger partial charge in [-0.3, -0.25) is 10.1 Å². The molecular formula is C12H16BrN3O3. The molecule has 6 nitrogen and oxygen atoms in total. The van der Waals surface area contributed by atoms with Crippen molar-refractivity contribution in [3.63, 3.8) is 0 Å². The van der Waals surface area contributed by atoms with Gasteiger partial charge in [-0.25, -0.2) is 4.98 Å². The summed E-state index contributed by atoms with van der Waals surface area (Å²) in [6.45, 7) is 1.26. The summed E-state index contributed by atoms with van der Waals surface area (Å²) in [6.07, 6.45) is 6.46. The Hall–Kier alpha value is -1.21. The van der Waals surface area contributed by atoms with Gasteiger partial charge in [-0.15, -0.1) is 0 Å². The maximum absolute atomic E-state index is 10.6. The van der Waals surface area contributed by atoms with Crippen molar-refractivity contribution in [2.45, 2.75) is 31.8 Å². The Morgan fingerprint density at radius 2 is 2.26 bits per heavy atom. The van der Waals surface area contributed by atoms with Crippen LogP contribution in [0.2, 0.25) is 0 Å². The quantitative estimate of drug-likeness (QED) is 0.493. The normalized spacial score (nSPS) is 15.6. The lowest BCUT2D eigenvalue weighted by Gasteiger charge is -2.12. The molecule has 1 heterocycles. The van der Waals surface area contributed by atoms with Crippen LogP contribution < -0.4 is 5.32 Å². The average molecular weight is 330 g/mol. The Kier molecular flexibility index (Phi) is 5.09. The standard InChI is InChI=1S/C12H16BrN3O3/c13-11-7-9(16(17)18)8-15-12(11)14-5-6-19-10-3-1-2-4-10/h7-8,10H,1-6H2,(H,14,15). The highest BCUT2D eigenvalue weighted by Crippen LogP contribution is 2.24. The first kappa shape index (κ1) is 14.2. The molecule has 0 saturated heterocycles. The Balaban J connectivity index is 1.77. The van der Waals surface area contributed by atoms with Crippen molar-refractivity contribution in [1.82, 2.24) is 4.98 Å². The molecular weight excluding hydrogens is 314 g/mol. The minimum Gasteiger partial charge on any atom is -0.376 e. The SMILES string of the molecule is O=[N+]([O-])c1cnc(NCCOC2CCCC2)c(Br)c1. The summed E-state index contributed by atoms with van der Waals surface area (Å²) < 4.78 is 6.30. The number of pyridine rings is 1. The summed E-state index contributed by atoms with van der Waals surface area (Å²) in [5.74, 6) is 0.598. The fourth-order valence-electron chi connectivity index (χ4n) is 2.11. The van der Waals surface area contributed by atoms with Gasteiger partial charge in [0.1, 0.15) is 12.0 Å². The van der Waals surface area contributed by atoms with Crippen LogP contribution in [0.4, 0.5) is 11.5 Å². The molecule has 2 rings (SSSR count). The van der Waals surface area contributed by atoms with E-state index in [9.17, 15) is 10.1 Å². The number of rotatable bonds is 6. The van der Waals surface area contributed by atoms with Gasteiger partial charge >= 0.3 is 0 Å². The maximum atomic E-state index is 10.6. The van der Waals surface area contributed by atoms with Crippen molar-refractivity contribution in [2.75, 3.05) is 18.5 Å². The first-order chi connectivity index (χ1) is 9.16. The van der Waals surface area contributed by atoms with Crippen LogP contribution in [0.3, 0.4) is 0 Å². The predicted octanol–water partition coefficient (Wildman–Crippen LogP) is 3.12. The van der Waals surface area contributed by atoms with Crippen molar-refractivity contribution in [3.8, 4) is 0 Å². The van der Waals surface area contributed by atoms with Crippen LogP contribution in [0.15, 0.2) is 16.7 Å². The van der Waals surface area contributed by atoms with Gasteiger partial charge in [-0.05, 0) is 28.8 Å². The molecule has 1 N–H and O–H groups in total. The van der Waals surface area contributed by atoms with E-state index < -0.39 is 4.92 Å². The van der Waals surface area contributed by atoms with Gasteiger partial charge in [0.15, 0.2) is 0 Å². The van der Waals surface area contributed by atoms with E-state index in [1.165, 1.54) is 25.1 Å². The zero-order valence-electron chi connectivity index (χ0n) is 10.5. The van der Waals surface area contributed by atoms with E-state index in [1.54, 1.807) is 0 Å². The third-order valence-electron chi connectivity index (χ3n) is 3.09. The van der Waals surface area contributed by atoms with E-state index >= 15 is 0 Å². The highest BCUT2D eigenvalue weighted by molar-refractivity contribution is 9.10. The lowest BCUT2D eigenvalue weighted by atomic mass is 10.3. The maximum Gasteiger partial charge on any atom is 0.288 e. The number of nitrogens with one attached hydrogen (secondary N) is 1. The lowest BCUT2D eigenvalue weighted by Crippen LogP contribution is -2.16. The van der Waals surface area contributed by atoms with Gasteiger partial charge in [0.25, 0.3) is 5.69 Å². The minimum absolute atomic E-state index is 0.0281. The number of hydrogen-bond donors (Lipinski definition) is 1. The fourth-order valence-corrected chi connectivity index (χ4v) is 2.58. The highest BCUT2D eigenvalue weighted by atomic mass is 79.9. The minimum atomic E-state index is -0.468. The molecule has 1 aromatic heterocycles. The molecule has 0 spiro atoms. The van der Waals surface area contributed by atoms with Crippen molar-refractivity contribution >= 4 is 27.4 Å². The van der Waals surface area contributed by atoms with E-state index in [-0.39, 0.29) is 5.69 Å². The molecule has 1 aliphatic carbocycles. The summed E-state index contributed by atoms with van der Waals surface area (Å²) in [4.78, 5) is 14.1. The fraction of sp³-hybridized carbons (Fsp3) is 0.583. The molecule has 1 aromatic rings. The third kappa shape index (κ3) is 4.14. The third-order valence-corrected chi connectivity index (χ3v) is 3.69. The topological polar surface area (TPSA) is 77.3 Å². The summed E-state index contributed by atoms with van der Waals surface area (Å²) in [5.41, 5.74) is -0.0281. The molecule has 19 heavy (non-hydrogen) atoms. The van der Waals surface area contributed by atoms with Crippen LogP contribution in [-0.2, 0) is 4.74 Å². The van der Waals surface area contributed by atoms with Gasteiger partial charge < -0.3 is 10.1 Å². The monoisotopic (exact) mass is 329 g/mol. The number of halogens is 1. The Labute approximate surface area is 119 Å². The number of aromatic nitrogens is 1. The first-order valence-corrected chi connectivity index (χ1v) is 7.11. The molecule has 104 valence electrons. The summed E-state index contributed by atoms with van der Waals surface area (Å²) in [5, 5.41) is 13.7. The van der Waals surface area contributed by atoms with E-state index in [1.807, 2.05) is 0 Å². The van der Waals surface area contributed by atoms with Crippen molar-refractivity contribution < 1.29 is 9.66 Å². The summed E-state index contributed by atoms with van der Waals surface area (Å²) >= 11 is 3.26. The number of anilines is 1. The first-order valence-electron chi connectivity index (χ1n) is 6.32. The molecule has 1 saturated carbocycles. The van der Waals surface area contributed by atoms with Crippen molar-refractivity contribution in [2.24, 2.45) is 0 Å². The van der Waals surface area contributed by atoms with Crippen molar-refractivity contribution in [1.29, 1.82) is 0 Å². The largest absolute Gasteiger partial charge is 0.376 e. The second kappa shape index (κ2) is 6.81. The van der Waals surface area contributed by atoms with Gasteiger partial charge in [-0.1, -0.05) is 12.8 Å². The Morgan fingerprint density at radius 3 is 2.89 bits per heavy atom. The molecule has 0 amide bonds. The van der Waals surface area contributed by atoms with Gasteiger partial charge in [0.05, 0.1) is 22.1 Å². The zero-order valence-corrected chi connectivity index (χ0v) is 12.1. The number of nitrogens with zero attached hydrogens (tertiary/aromatic N) is 2. The van der Waals surface area contributed by atoms with E-state index in [4.69, 9.17) is 4.74 Å². The molecule has 1 aliphatic rings. The lowest BCUT2D eigenvalue weighted by molar-refractivity contribution is -0.385. The van der Waals surface area contributed by atoms with Crippen LogP contribution in [-0.4, -0.2) is 29.2 Å². The molecule has 0 radical (unpaired) electrons. The smallest absolute Gasteiger partial charge is 0.288 e. The second-order valence-electron chi connectivity index (χ2n) is 4.49. The van der Waals surface area contributed by atoms with E-state index in [0.717, 1.165) is 12.8 Å². The zero-order chi connectivity index (χ0) is 13.7. The molecule has 0 bridgehead atoms. The number of hydrogen-bond acceptors (Lipinski definition) is 5. The highest BCUT2D eigenvalue weighted by Gasteiger charge is 2.15. The van der Waals surface area contributed by atoms with Crippen LogP contribution >= 0.6 is 15.9 Å². The predicted molar refractivity (Wildman–Crippen MR) is 75.3 cm³/mol. The van der Waals surface area contributed by atoms with Crippen LogP contribution in [0.1, 0.15) is 25.7 Å². The molecule has 0 atom stereocenters. The molecule has 0 aliphatic heterocycles. The summed E-state index contributed by atoms with van der Waals surface area (Å²) in [7, 11) is 0. The van der Waals surface area contributed by atoms with Crippen LogP contribution in [0, 0.1) is 10.1 Å². The second-order valence-corrected chi connectivity index (χ2v) is 5.34. The number of ether oxygens (including phenoxy) is 1. The van der Waals surface area contributed by atoms with Gasteiger partial charge in [0, 0.05) is 12.6 Å².